The third kappa shape index (κ3) is 2.56. The second-order valence-electron chi connectivity index (χ2n) is 3.89. The van der Waals surface area contributed by atoms with Gasteiger partial charge in [-0.2, -0.15) is 0 Å². The Bertz CT molecular complexity index is 330. The summed E-state index contributed by atoms with van der Waals surface area (Å²) in [6.45, 7) is 2.07. The first-order valence-corrected chi connectivity index (χ1v) is 6.14. The predicted molar refractivity (Wildman–Crippen MR) is 64.9 cm³/mol. The molecule has 0 radical (unpaired) electrons. The Morgan fingerprint density at radius 2 is 2.40 bits per heavy atom. The van der Waals surface area contributed by atoms with Crippen molar-refractivity contribution in [1.82, 2.24) is 4.98 Å². The van der Waals surface area contributed by atoms with Gasteiger partial charge in [0.05, 0.1) is 5.02 Å². The number of anilines is 1. The molecule has 1 saturated heterocycles. The van der Waals surface area contributed by atoms with Gasteiger partial charge in [-0.1, -0.05) is 11.6 Å². The van der Waals surface area contributed by atoms with Crippen LogP contribution in [-0.2, 0) is 0 Å². The van der Waals surface area contributed by atoms with Crippen molar-refractivity contribution in [2.45, 2.75) is 12.8 Å². The van der Waals surface area contributed by atoms with Gasteiger partial charge in [-0.15, -0.1) is 11.6 Å². The van der Waals surface area contributed by atoms with Crippen molar-refractivity contribution >= 4 is 29.0 Å². The van der Waals surface area contributed by atoms with Gasteiger partial charge in [0.1, 0.15) is 5.82 Å². The normalized spacial score (nSPS) is 20.9. The van der Waals surface area contributed by atoms with Gasteiger partial charge in [-0.3, -0.25) is 0 Å². The minimum atomic E-state index is 0.695. The van der Waals surface area contributed by atoms with Crippen molar-refractivity contribution in [2.24, 2.45) is 5.92 Å². The number of hydrogen-bond acceptors (Lipinski definition) is 2. The lowest BCUT2D eigenvalue weighted by molar-refractivity contribution is 0.572. The SMILES string of the molecule is ClCCC1CCN(c2ncccc2Cl)C1. The van der Waals surface area contributed by atoms with Gasteiger partial charge in [0.2, 0.25) is 0 Å². The van der Waals surface area contributed by atoms with Crippen molar-refractivity contribution in [3.8, 4) is 0 Å². The van der Waals surface area contributed by atoms with E-state index in [9.17, 15) is 0 Å². The third-order valence-corrected chi connectivity index (χ3v) is 3.36. The van der Waals surface area contributed by atoms with E-state index < -0.39 is 0 Å². The Morgan fingerprint density at radius 1 is 1.53 bits per heavy atom. The summed E-state index contributed by atoms with van der Waals surface area (Å²) in [6, 6.07) is 3.75. The molecule has 1 aromatic heterocycles. The highest BCUT2D eigenvalue weighted by Crippen LogP contribution is 2.29. The van der Waals surface area contributed by atoms with Gasteiger partial charge in [0.15, 0.2) is 0 Å². The highest BCUT2D eigenvalue weighted by molar-refractivity contribution is 6.32. The first kappa shape index (κ1) is 11.0. The summed E-state index contributed by atoms with van der Waals surface area (Å²) in [5.74, 6) is 2.35. The van der Waals surface area contributed by atoms with E-state index in [1.54, 1.807) is 6.20 Å². The fourth-order valence-electron chi connectivity index (χ4n) is 2.03. The van der Waals surface area contributed by atoms with Crippen LogP contribution in [0.15, 0.2) is 18.3 Å². The van der Waals surface area contributed by atoms with Gasteiger partial charge in [0.25, 0.3) is 0 Å². The average molecular weight is 245 g/mol. The highest BCUT2D eigenvalue weighted by Gasteiger charge is 2.23. The molecule has 1 atom stereocenters. The van der Waals surface area contributed by atoms with Crippen molar-refractivity contribution in [2.75, 3.05) is 23.9 Å². The molecule has 0 bridgehead atoms. The van der Waals surface area contributed by atoms with Crippen LogP contribution in [0.4, 0.5) is 5.82 Å². The zero-order chi connectivity index (χ0) is 10.7. The van der Waals surface area contributed by atoms with E-state index in [2.05, 4.69) is 9.88 Å². The van der Waals surface area contributed by atoms with Crippen LogP contribution in [0, 0.1) is 5.92 Å². The molecule has 82 valence electrons. The van der Waals surface area contributed by atoms with Gasteiger partial charge < -0.3 is 4.90 Å². The van der Waals surface area contributed by atoms with Crippen molar-refractivity contribution in [3.63, 3.8) is 0 Å². The molecule has 1 aromatic rings. The molecule has 1 aliphatic heterocycles. The summed E-state index contributed by atoms with van der Waals surface area (Å²) >= 11 is 11.8. The molecule has 0 N–H and O–H groups in total. The number of aromatic nitrogens is 1. The first-order valence-electron chi connectivity index (χ1n) is 5.22. The average Bonchev–Trinajstić information content (AvgIpc) is 2.68. The second kappa shape index (κ2) is 5.04. The molecular weight excluding hydrogens is 231 g/mol. The van der Waals surface area contributed by atoms with E-state index in [0.29, 0.717) is 5.92 Å². The van der Waals surface area contributed by atoms with E-state index in [1.807, 2.05) is 12.1 Å². The topological polar surface area (TPSA) is 16.1 Å². The van der Waals surface area contributed by atoms with E-state index in [1.165, 1.54) is 6.42 Å². The summed E-state index contributed by atoms with van der Waals surface area (Å²) in [7, 11) is 0. The molecule has 0 aromatic carbocycles. The zero-order valence-corrected chi connectivity index (χ0v) is 10.0. The van der Waals surface area contributed by atoms with Gasteiger partial charge >= 0.3 is 0 Å². The molecule has 2 rings (SSSR count). The molecule has 15 heavy (non-hydrogen) atoms. The summed E-state index contributed by atoms with van der Waals surface area (Å²) in [5, 5.41) is 0.740. The standard InChI is InChI=1S/C11H14Cl2N2/c12-5-3-9-4-7-15(8-9)11-10(13)2-1-6-14-11/h1-2,6,9H,3-5,7-8H2. The summed E-state index contributed by atoms with van der Waals surface area (Å²) in [4.78, 5) is 6.57. The van der Waals surface area contributed by atoms with Crippen molar-refractivity contribution < 1.29 is 0 Å². The van der Waals surface area contributed by atoms with Crippen molar-refractivity contribution in [1.29, 1.82) is 0 Å². The molecule has 1 fully saturated rings. The molecule has 1 aliphatic rings. The number of rotatable bonds is 3. The van der Waals surface area contributed by atoms with Crippen LogP contribution in [0.2, 0.25) is 5.02 Å². The van der Waals surface area contributed by atoms with Crippen LogP contribution in [-0.4, -0.2) is 24.0 Å². The Balaban J connectivity index is 2.04. The van der Waals surface area contributed by atoms with E-state index in [-0.39, 0.29) is 0 Å². The monoisotopic (exact) mass is 244 g/mol. The predicted octanol–water partition coefficient (Wildman–Crippen LogP) is 3.19. The number of halogens is 2. The minimum absolute atomic E-state index is 0.695. The number of alkyl halides is 1. The van der Waals surface area contributed by atoms with Crippen LogP contribution in [0.3, 0.4) is 0 Å². The smallest absolute Gasteiger partial charge is 0.147 e. The molecule has 0 saturated carbocycles. The Kier molecular flexibility index (Phi) is 3.71. The molecule has 2 nitrogen and oxygen atoms in total. The van der Waals surface area contributed by atoms with Gasteiger partial charge in [-0.25, -0.2) is 4.98 Å². The Morgan fingerprint density at radius 3 is 3.13 bits per heavy atom. The Hall–Kier alpha value is -0.470. The molecule has 4 heteroatoms. The molecule has 0 amide bonds. The van der Waals surface area contributed by atoms with Gasteiger partial charge in [0, 0.05) is 25.2 Å². The quantitative estimate of drug-likeness (QED) is 0.760. The molecule has 1 unspecified atom stereocenters. The lowest BCUT2D eigenvalue weighted by Gasteiger charge is -2.18. The lowest BCUT2D eigenvalue weighted by atomic mass is 10.1. The maximum Gasteiger partial charge on any atom is 0.147 e. The van der Waals surface area contributed by atoms with Crippen LogP contribution < -0.4 is 4.90 Å². The first-order chi connectivity index (χ1) is 7.31. The maximum atomic E-state index is 6.10. The maximum absolute atomic E-state index is 6.10. The fraction of sp³-hybridized carbons (Fsp3) is 0.545. The summed E-state index contributed by atoms with van der Waals surface area (Å²) in [6.07, 6.45) is 4.07. The lowest BCUT2D eigenvalue weighted by Crippen LogP contribution is -2.21. The fourth-order valence-corrected chi connectivity index (χ4v) is 2.57. The number of pyridine rings is 1. The molecule has 0 spiro atoms. The number of nitrogens with zero attached hydrogens (tertiary/aromatic N) is 2. The van der Waals surface area contributed by atoms with Crippen molar-refractivity contribution in [3.05, 3.63) is 23.4 Å². The molecular formula is C11H14Cl2N2. The van der Waals surface area contributed by atoms with Gasteiger partial charge in [-0.05, 0) is 30.9 Å². The summed E-state index contributed by atoms with van der Waals surface area (Å²) in [5.41, 5.74) is 0. The van der Waals surface area contributed by atoms with E-state index in [4.69, 9.17) is 23.2 Å². The highest BCUT2D eigenvalue weighted by atomic mass is 35.5. The zero-order valence-electron chi connectivity index (χ0n) is 8.50. The Labute approximate surface area is 100 Å². The van der Waals surface area contributed by atoms with Crippen LogP contribution >= 0.6 is 23.2 Å². The number of hydrogen-bond donors (Lipinski definition) is 0. The molecule has 0 aliphatic carbocycles. The minimum Gasteiger partial charge on any atom is -0.355 e. The van der Waals surface area contributed by atoms with E-state index >= 15 is 0 Å². The second-order valence-corrected chi connectivity index (χ2v) is 4.67. The molecule has 2 heterocycles. The van der Waals surface area contributed by atoms with E-state index in [0.717, 1.165) is 36.2 Å². The third-order valence-electron chi connectivity index (χ3n) is 2.84. The van der Waals surface area contributed by atoms with Crippen LogP contribution in [0.1, 0.15) is 12.8 Å². The summed E-state index contributed by atoms with van der Waals surface area (Å²) < 4.78 is 0. The largest absolute Gasteiger partial charge is 0.355 e. The van der Waals surface area contributed by atoms with Crippen LogP contribution in [0.25, 0.3) is 0 Å². The van der Waals surface area contributed by atoms with Crippen LogP contribution in [0.5, 0.6) is 0 Å².